The molecule has 2 aliphatic heterocycles. The second-order valence-corrected chi connectivity index (χ2v) is 12.1. The molecule has 0 atom stereocenters. The number of likely N-dealkylation sites (tertiary alicyclic amines) is 1. The van der Waals surface area contributed by atoms with Crippen molar-refractivity contribution in [2.75, 3.05) is 18.4 Å². The minimum Gasteiger partial charge on any atom is -0.490 e. The van der Waals surface area contributed by atoms with Crippen molar-refractivity contribution in [1.29, 1.82) is 0 Å². The fourth-order valence-electron chi connectivity index (χ4n) is 5.38. The first-order valence-corrected chi connectivity index (χ1v) is 15.1. The number of fused-ring (bicyclic) bond motifs is 2. The Balaban J connectivity index is 1.06. The number of piperidine rings is 1. The van der Waals surface area contributed by atoms with Crippen LogP contribution in [0, 0.1) is 6.92 Å². The number of thiazole rings is 1. The summed E-state index contributed by atoms with van der Waals surface area (Å²) in [6.07, 6.45) is 4.14. The van der Waals surface area contributed by atoms with E-state index < -0.39 is 0 Å². The average Bonchev–Trinajstić information content (AvgIpc) is 3.42. The van der Waals surface area contributed by atoms with Gasteiger partial charge in [-0.15, -0.1) is 11.3 Å². The number of amides is 2. The van der Waals surface area contributed by atoms with E-state index in [4.69, 9.17) is 9.47 Å². The van der Waals surface area contributed by atoms with Crippen LogP contribution in [-0.4, -0.2) is 46.9 Å². The Morgan fingerprint density at radius 1 is 1.10 bits per heavy atom. The fourth-order valence-corrected chi connectivity index (χ4v) is 6.24. The number of rotatable bonds is 7. The summed E-state index contributed by atoms with van der Waals surface area (Å²) in [6, 6.07) is 19.2. The molecule has 42 heavy (non-hydrogen) atoms. The summed E-state index contributed by atoms with van der Waals surface area (Å²) in [5, 5.41) is 6.78. The third-order valence-corrected chi connectivity index (χ3v) is 8.90. The van der Waals surface area contributed by atoms with Gasteiger partial charge in [-0.05, 0) is 87.7 Å². The number of carbonyl (C=O) groups excluding carboxylic acids is 2. The number of carbonyl (C=O) groups is 2. The Hall–Kier alpha value is -4.21. The molecule has 4 aromatic rings. The lowest BCUT2D eigenvalue weighted by Gasteiger charge is -2.34. The van der Waals surface area contributed by atoms with E-state index in [0.717, 1.165) is 47.1 Å². The third-order valence-electron chi connectivity index (χ3n) is 7.85. The maximum Gasteiger partial charge on any atom is 0.259 e. The number of anilines is 1. The Kier molecular flexibility index (Phi) is 7.95. The van der Waals surface area contributed by atoms with Crippen LogP contribution < -0.4 is 20.1 Å². The SMILES string of the molecule is Cc1c(C(=O)NCc2cnc(-c3ccc(OC4CCN(C(C)C)CC4)cc3)s2)ccc2c1NC(=O)c1ccccc1O2. The fraction of sp³-hybridized carbons (Fsp3) is 0.303. The third kappa shape index (κ3) is 5.89. The number of ether oxygens (including phenoxy) is 2. The molecule has 0 unspecified atom stereocenters. The van der Waals surface area contributed by atoms with Gasteiger partial charge in [0, 0.05) is 41.3 Å². The number of para-hydroxylation sites is 1. The lowest BCUT2D eigenvalue weighted by Crippen LogP contribution is -2.41. The van der Waals surface area contributed by atoms with Gasteiger partial charge in [-0.1, -0.05) is 12.1 Å². The normalized spacial score (nSPS) is 15.3. The minimum atomic E-state index is -0.270. The van der Waals surface area contributed by atoms with Crippen LogP contribution in [0.4, 0.5) is 5.69 Å². The molecule has 0 bridgehead atoms. The molecule has 0 spiro atoms. The summed E-state index contributed by atoms with van der Waals surface area (Å²) in [6.45, 7) is 8.78. The zero-order valence-electron chi connectivity index (χ0n) is 24.0. The van der Waals surface area contributed by atoms with E-state index >= 15 is 0 Å². The number of benzene rings is 3. The summed E-state index contributed by atoms with van der Waals surface area (Å²) in [5.74, 6) is 1.36. The highest BCUT2D eigenvalue weighted by atomic mass is 32.1. The van der Waals surface area contributed by atoms with Gasteiger partial charge in [0.15, 0.2) is 5.75 Å². The summed E-state index contributed by atoms with van der Waals surface area (Å²) >= 11 is 1.54. The second-order valence-electron chi connectivity index (χ2n) is 10.9. The highest BCUT2D eigenvalue weighted by Gasteiger charge is 2.25. The molecule has 2 amide bonds. The van der Waals surface area contributed by atoms with E-state index in [2.05, 4.69) is 34.4 Å². The first kappa shape index (κ1) is 27.9. The predicted octanol–water partition coefficient (Wildman–Crippen LogP) is 6.66. The van der Waals surface area contributed by atoms with Gasteiger partial charge >= 0.3 is 0 Å². The molecule has 2 N–H and O–H groups in total. The van der Waals surface area contributed by atoms with E-state index in [1.165, 1.54) is 0 Å². The molecule has 9 heteroatoms. The van der Waals surface area contributed by atoms with Crippen LogP contribution in [0.25, 0.3) is 10.6 Å². The molecule has 1 aromatic heterocycles. The zero-order chi connectivity index (χ0) is 29.2. The van der Waals surface area contributed by atoms with Crippen molar-refractivity contribution in [2.45, 2.75) is 52.3 Å². The van der Waals surface area contributed by atoms with E-state index in [0.29, 0.717) is 46.5 Å². The van der Waals surface area contributed by atoms with Crippen LogP contribution >= 0.6 is 11.3 Å². The summed E-state index contributed by atoms with van der Waals surface area (Å²) in [7, 11) is 0. The monoisotopic (exact) mass is 582 g/mol. The van der Waals surface area contributed by atoms with Gasteiger partial charge in [0.05, 0.1) is 17.8 Å². The van der Waals surface area contributed by atoms with Gasteiger partial charge in [-0.25, -0.2) is 4.98 Å². The van der Waals surface area contributed by atoms with E-state index in [9.17, 15) is 9.59 Å². The summed E-state index contributed by atoms with van der Waals surface area (Å²) in [4.78, 5) is 33.9. The lowest BCUT2D eigenvalue weighted by molar-refractivity contribution is 0.0843. The van der Waals surface area contributed by atoms with Gasteiger partial charge in [0.2, 0.25) is 0 Å². The smallest absolute Gasteiger partial charge is 0.259 e. The maximum absolute atomic E-state index is 13.1. The van der Waals surface area contributed by atoms with Gasteiger partial charge in [-0.2, -0.15) is 0 Å². The molecule has 0 saturated carbocycles. The van der Waals surface area contributed by atoms with Crippen molar-refractivity contribution in [3.05, 3.63) is 88.4 Å². The van der Waals surface area contributed by atoms with Crippen molar-refractivity contribution < 1.29 is 19.1 Å². The molecular weight excluding hydrogens is 548 g/mol. The van der Waals surface area contributed by atoms with Crippen LogP contribution in [0.2, 0.25) is 0 Å². The van der Waals surface area contributed by atoms with Crippen molar-refractivity contribution in [3.8, 4) is 27.8 Å². The summed E-state index contributed by atoms with van der Waals surface area (Å²) < 4.78 is 12.2. The molecule has 1 fully saturated rings. The van der Waals surface area contributed by atoms with E-state index in [-0.39, 0.29) is 17.9 Å². The van der Waals surface area contributed by atoms with Crippen LogP contribution in [0.15, 0.2) is 66.9 Å². The number of hydrogen-bond acceptors (Lipinski definition) is 7. The van der Waals surface area contributed by atoms with E-state index in [1.54, 1.807) is 54.8 Å². The topological polar surface area (TPSA) is 92.8 Å². The van der Waals surface area contributed by atoms with Crippen LogP contribution in [0.3, 0.4) is 0 Å². The largest absolute Gasteiger partial charge is 0.490 e. The Labute approximate surface area is 249 Å². The quantitative estimate of drug-likeness (QED) is 0.253. The highest BCUT2D eigenvalue weighted by molar-refractivity contribution is 7.15. The van der Waals surface area contributed by atoms with Gasteiger partial charge in [0.1, 0.15) is 22.6 Å². The van der Waals surface area contributed by atoms with Crippen molar-refractivity contribution in [1.82, 2.24) is 15.2 Å². The molecule has 3 heterocycles. The highest BCUT2D eigenvalue weighted by Crippen LogP contribution is 2.38. The molecule has 8 nitrogen and oxygen atoms in total. The molecule has 6 rings (SSSR count). The Morgan fingerprint density at radius 2 is 1.86 bits per heavy atom. The predicted molar refractivity (Wildman–Crippen MR) is 165 cm³/mol. The van der Waals surface area contributed by atoms with Crippen LogP contribution in [-0.2, 0) is 6.54 Å². The Morgan fingerprint density at radius 3 is 2.62 bits per heavy atom. The number of aromatic nitrogens is 1. The maximum atomic E-state index is 13.1. The standard InChI is InChI=1S/C33H34N4O4S/c1-20(2)37-16-14-24(15-17-37)40-23-10-8-22(9-11-23)33-35-19-25(42-33)18-34-31(38)26-12-13-29-30(21(26)3)36-32(39)27-6-4-5-7-28(27)41-29/h4-13,19-20,24H,14-18H2,1-3H3,(H,34,38)(H,36,39). The van der Waals surface area contributed by atoms with Gasteiger partial charge in [0.25, 0.3) is 11.8 Å². The van der Waals surface area contributed by atoms with Gasteiger partial charge < -0.3 is 25.0 Å². The molecular formula is C33H34N4O4S. The number of nitrogens with zero attached hydrogens (tertiary/aromatic N) is 2. The Bertz CT molecular complexity index is 1610. The molecule has 0 aliphatic carbocycles. The molecule has 216 valence electrons. The average molecular weight is 583 g/mol. The zero-order valence-corrected chi connectivity index (χ0v) is 24.8. The van der Waals surface area contributed by atoms with Gasteiger partial charge in [-0.3, -0.25) is 9.59 Å². The van der Waals surface area contributed by atoms with Crippen LogP contribution in [0.1, 0.15) is 57.8 Å². The minimum absolute atomic E-state index is 0.234. The molecule has 2 aliphatic rings. The van der Waals surface area contributed by atoms with Crippen molar-refractivity contribution in [3.63, 3.8) is 0 Å². The van der Waals surface area contributed by atoms with Crippen molar-refractivity contribution >= 4 is 28.8 Å². The molecule has 1 saturated heterocycles. The second kappa shape index (κ2) is 12.0. The molecule has 0 radical (unpaired) electrons. The molecule has 3 aromatic carbocycles. The van der Waals surface area contributed by atoms with Crippen molar-refractivity contribution in [2.24, 2.45) is 0 Å². The first-order valence-electron chi connectivity index (χ1n) is 14.3. The first-order chi connectivity index (χ1) is 20.4. The van der Waals surface area contributed by atoms with Crippen LogP contribution in [0.5, 0.6) is 17.2 Å². The number of hydrogen-bond donors (Lipinski definition) is 2. The summed E-state index contributed by atoms with van der Waals surface area (Å²) in [5.41, 5.74) is 3.07. The lowest BCUT2D eigenvalue weighted by atomic mass is 10.0. The number of nitrogens with one attached hydrogen (secondary N) is 2. The van der Waals surface area contributed by atoms with E-state index in [1.807, 2.05) is 30.3 Å².